The van der Waals surface area contributed by atoms with Gasteiger partial charge in [-0.15, -0.1) is 10.2 Å². The molecule has 2 aromatic rings. The normalized spacial score (nSPS) is 19.6. The number of nitrogens with zero attached hydrogens (tertiary/aromatic N) is 5. The van der Waals surface area contributed by atoms with E-state index in [1.807, 2.05) is 21.5 Å². The van der Waals surface area contributed by atoms with E-state index in [9.17, 15) is 4.79 Å². The van der Waals surface area contributed by atoms with Crippen LogP contribution in [-0.4, -0.2) is 43.7 Å². The van der Waals surface area contributed by atoms with Gasteiger partial charge in [0.15, 0.2) is 11.5 Å². The number of aromatic nitrogens is 4. The predicted molar refractivity (Wildman–Crippen MR) is 95.4 cm³/mol. The molecule has 0 N–H and O–H groups in total. The average molecular weight is 341 g/mol. The van der Waals surface area contributed by atoms with E-state index in [0.717, 1.165) is 49.5 Å². The molecule has 1 aliphatic heterocycles. The van der Waals surface area contributed by atoms with Gasteiger partial charge in [0.1, 0.15) is 0 Å². The van der Waals surface area contributed by atoms with E-state index in [0.29, 0.717) is 17.7 Å². The fourth-order valence-corrected chi connectivity index (χ4v) is 3.55. The fraction of sp³-hybridized carbons (Fsp3) is 0.684. The fourth-order valence-electron chi connectivity index (χ4n) is 3.55. The summed E-state index contributed by atoms with van der Waals surface area (Å²) < 4.78 is 1.91. The van der Waals surface area contributed by atoms with E-state index < -0.39 is 0 Å². The summed E-state index contributed by atoms with van der Waals surface area (Å²) in [7, 11) is 0. The Morgan fingerprint density at radius 2 is 1.84 bits per heavy atom. The highest BCUT2D eigenvalue weighted by Gasteiger charge is 2.31. The van der Waals surface area contributed by atoms with E-state index >= 15 is 0 Å². The number of amides is 1. The Morgan fingerprint density at radius 3 is 2.48 bits per heavy atom. The van der Waals surface area contributed by atoms with Crippen LogP contribution in [0.15, 0.2) is 12.1 Å². The van der Waals surface area contributed by atoms with Gasteiger partial charge in [-0.25, -0.2) is 0 Å². The molecule has 1 saturated carbocycles. The molecule has 2 fully saturated rings. The molecule has 134 valence electrons. The number of fused-ring (bicyclic) bond motifs is 1. The van der Waals surface area contributed by atoms with Crippen LogP contribution >= 0.6 is 0 Å². The predicted octanol–water partition coefficient (Wildman–Crippen LogP) is 2.93. The van der Waals surface area contributed by atoms with Crippen LogP contribution in [0.5, 0.6) is 0 Å². The van der Waals surface area contributed by atoms with E-state index in [1.54, 1.807) is 0 Å². The zero-order valence-electron chi connectivity index (χ0n) is 15.4. The minimum atomic E-state index is -0.00563. The lowest BCUT2D eigenvalue weighted by Gasteiger charge is -2.31. The van der Waals surface area contributed by atoms with Crippen LogP contribution in [0.1, 0.15) is 70.3 Å². The third-order valence-corrected chi connectivity index (χ3v) is 5.43. The molecule has 0 unspecified atom stereocenters. The molecule has 1 saturated heterocycles. The summed E-state index contributed by atoms with van der Waals surface area (Å²) in [6.07, 6.45) is 5.09. The Labute approximate surface area is 148 Å². The lowest BCUT2D eigenvalue weighted by Crippen LogP contribution is -2.38. The SMILES string of the molecule is CC(C)(C)c1ccc2nnc(C3CCN(C(=O)CC4CC4)CC3)n2n1. The largest absolute Gasteiger partial charge is 0.343 e. The Bertz CT molecular complexity index is 779. The maximum absolute atomic E-state index is 12.3. The maximum Gasteiger partial charge on any atom is 0.222 e. The van der Waals surface area contributed by atoms with Crippen LogP contribution in [0.25, 0.3) is 5.65 Å². The lowest BCUT2D eigenvalue weighted by atomic mass is 9.92. The topological polar surface area (TPSA) is 63.4 Å². The zero-order valence-corrected chi connectivity index (χ0v) is 15.4. The van der Waals surface area contributed by atoms with Crippen molar-refractivity contribution >= 4 is 11.6 Å². The molecule has 6 heteroatoms. The molecule has 1 aliphatic carbocycles. The summed E-state index contributed by atoms with van der Waals surface area (Å²) in [5, 5.41) is 13.5. The smallest absolute Gasteiger partial charge is 0.222 e. The minimum Gasteiger partial charge on any atom is -0.343 e. The molecule has 0 spiro atoms. The summed E-state index contributed by atoms with van der Waals surface area (Å²) in [5.74, 6) is 2.25. The first-order valence-electron chi connectivity index (χ1n) is 9.42. The second-order valence-corrected chi connectivity index (χ2v) is 8.60. The summed E-state index contributed by atoms with van der Waals surface area (Å²) in [6.45, 7) is 8.13. The van der Waals surface area contributed by atoms with Gasteiger partial charge in [-0.2, -0.15) is 9.61 Å². The van der Waals surface area contributed by atoms with Gasteiger partial charge < -0.3 is 4.90 Å². The van der Waals surface area contributed by atoms with Gasteiger partial charge in [-0.3, -0.25) is 4.79 Å². The molecular formula is C19H27N5O. The third kappa shape index (κ3) is 3.39. The molecule has 2 aromatic heterocycles. The molecule has 1 amide bonds. The number of carbonyl (C=O) groups excluding carboxylic acids is 1. The molecule has 0 radical (unpaired) electrons. The highest BCUT2D eigenvalue weighted by molar-refractivity contribution is 5.76. The summed E-state index contributed by atoms with van der Waals surface area (Å²) in [4.78, 5) is 14.3. The van der Waals surface area contributed by atoms with Crippen molar-refractivity contribution in [3.05, 3.63) is 23.7 Å². The molecule has 0 aromatic carbocycles. The molecule has 0 bridgehead atoms. The minimum absolute atomic E-state index is 0.00563. The van der Waals surface area contributed by atoms with Gasteiger partial charge in [0, 0.05) is 30.8 Å². The van der Waals surface area contributed by atoms with E-state index in [1.165, 1.54) is 12.8 Å². The number of hydrogen-bond acceptors (Lipinski definition) is 4. The van der Waals surface area contributed by atoms with Crippen LogP contribution in [0.3, 0.4) is 0 Å². The van der Waals surface area contributed by atoms with Crippen molar-refractivity contribution in [3.63, 3.8) is 0 Å². The molecule has 25 heavy (non-hydrogen) atoms. The quantitative estimate of drug-likeness (QED) is 0.861. The zero-order chi connectivity index (χ0) is 17.6. The van der Waals surface area contributed by atoms with Gasteiger partial charge in [-0.05, 0) is 43.7 Å². The number of likely N-dealkylation sites (tertiary alicyclic amines) is 1. The highest BCUT2D eigenvalue weighted by Crippen LogP contribution is 2.34. The van der Waals surface area contributed by atoms with Gasteiger partial charge in [0.25, 0.3) is 0 Å². The van der Waals surface area contributed by atoms with Gasteiger partial charge in [0.2, 0.25) is 5.91 Å². The second-order valence-electron chi connectivity index (χ2n) is 8.60. The van der Waals surface area contributed by atoms with Crippen molar-refractivity contribution in [2.75, 3.05) is 13.1 Å². The van der Waals surface area contributed by atoms with Gasteiger partial charge in [0.05, 0.1) is 5.69 Å². The van der Waals surface area contributed by atoms with E-state index in [2.05, 4.69) is 31.0 Å². The van der Waals surface area contributed by atoms with Crippen molar-refractivity contribution < 1.29 is 4.79 Å². The Morgan fingerprint density at radius 1 is 1.12 bits per heavy atom. The van der Waals surface area contributed by atoms with Crippen LogP contribution in [0, 0.1) is 5.92 Å². The molecule has 2 aliphatic rings. The second kappa shape index (κ2) is 6.07. The van der Waals surface area contributed by atoms with Gasteiger partial charge in [-0.1, -0.05) is 20.8 Å². The first kappa shape index (κ1) is 16.5. The molecule has 3 heterocycles. The standard InChI is InChI=1S/C19H27N5O/c1-19(2,3)15-6-7-16-20-21-18(24(16)22-15)14-8-10-23(11-9-14)17(25)12-13-4-5-13/h6-7,13-14H,4-5,8-12H2,1-3H3. The number of rotatable bonds is 3. The molecule has 6 nitrogen and oxygen atoms in total. The number of piperidine rings is 1. The Balaban J connectivity index is 1.49. The average Bonchev–Trinajstić information content (AvgIpc) is 3.29. The van der Waals surface area contributed by atoms with Crippen molar-refractivity contribution in [2.45, 2.75) is 64.2 Å². The van der Waals surface area contributed by atoms with Crippen LogP contribution in [-0.2, 0) is 10.2 Å². The molecular weight excluding hydrogens is 314 g/mol. The Hall–Kier alpha value is -1.98. The third-order valence-electron chi connectivity index (χ3n) is 5.43. The monoisotopic (exact) mass is 341 g/mol. The summed E-state index contributed by atoms with van der Waals surface area (Å²) in [5.41, 5.74) is 1.84. The molecule has 0 atom stereocenters. The Kier molecular flexibility index (Phi) is 4.01. The van der Waals surface area contributed by atoms with E-state index in [4.69, 9.17) is 5.10 Å². The van der Waals surface area contributed by atoms with Crippen LogP contribution in [0.4, 0.5) is 0 Å². The summed E-state index contributed by atoms with van der Waals surface area (Å²) >= 11 is 0. The van der Waals surface area contributed by atoms with E-state index in [-0.39, 0.29) is 5.41 Å². The van der Waals surface area contributed by atoms with Crippen molar-refractivity contribution in [3.8, 4) is 0 Å². The van der Waals surface area contributed by atoms with Crippen molar-refractivity contribution in [1.82, 2.24) is 24.7 Å². The highest BCUT2D eigenvalue weighted by atomic mass is 16.2. The maximum atomic E-state index is 12.3. The van der Waals surface area contributed by atoms with Crippen LogP contribution < -0.4 is 0 Å². The number of hydrogen-bond donors (Lipinski definition) is 0. The first-order chi connectivity index (χ1) is 11.9. The van der Waals surface area contributed by atoms with Gasteiger partial charge >= 0.3 is 0 Å². The summed E-state index contributed by atoms with van der Waals surface area (Å²) in [6, 6.07) is 4.03. The first-order valence-corrected chi connectivity index (χ1v) is 9.42. The van der Waals surface area contributed by atoms with Crippen molar-refractivity contribution in [2.24, 2.45) is 5.92 Å². The molecule has 4 rings (SSSR count). The lowest BCUT2D eigenvalue weighted by molar-refractivity contribution is -0.132. The number of carbonyl (C=O) groups is 1. The van der Waals surface area contributed by atoms with Crippen molar-refractivity contribution in [1.29, 1.82) is 0 Å². The van der Waals surface area contributed by atoms with Crippen LogP contribution in [0.2, 0.25) is 0 Å².